The van der Waals surface area contributed by atoms with Gasteiger partial charge in [0.05, 0.1) is 17.9 Å². The van der Waals surface area contributed by atoms with Gasteiger partial charge in [-0.1, -0.05) is 0 Å². The van der Waals surface area contributed by atoms with Crippen molar-refractivity contribution in [1.82, 2.24) is 20.4 Å². The SMILES string of the molecule is Cc1[nH]nc(C(=O)N2CCCNC(=O)C2)c1N. The van der Waals surface area contributed by atoms with Crippen molar-refractivity contribution in [3.63, 3.8) is 0 Å². The van der Waals surface area contributed by atoms with Crippen LogP contribution in [0.3, 0.4) is 0 Å². The molecule has 0 bridgehead atoms. The molecule has 0 saturated carbocycles. The van der Waals surface area contributed by atoms with Crippen LogP contribution in [0, 0.1) is 6.92 Å². The molecule has 17 heavy (non-hydrogen) atoms. The van der Waals surface area contributed by atoms with Crippen LogP contribution < -0.4 is 11.1 Å². The number of aromatic nitrogens is 2. The number of nitrogens with one attached hydrogen (secondary N) is 2. The number of H-pyrrole nitrogens is 1. The van der Waals surface area contributed by atoms with E-state index < -0.39 is 0 Å². The molecule has 4 N–H and O–H groups in total. The minimum Gasteiger partial charge on any atom is -0.395 e. The number of nitrogens with zero attached hydrogens (tertiary/aromatic N) is 2. The lowest BCUT2D eigenvalue weighted by molar-refractivity contribution is -0.121. The van der Waals surface area contributed by atoms with Gasteiger partial charge >= 0.3 is 0 Å². The van der Waals surface area contributed by atoms with Crippen molar-refractivity contribution in [2.45, 2.75) is 13.3 Å². The van der Waals surface area contributed by atoms with Crippen LogP contribution >= 0.6 is 0 Å². The van der Waals surface area contributed by atoms with E-state index in [1.54, 1.807) is 6.92 Å². The first-order chi connectivity index (χ1) is 8.09. The monoisotopic (exact) mass is 237 g/mol. The molecule has 1 aliphatic heterocycles. The molecule has 0 unspecified atom stereocenters. The quantitative estimate of drug-likeness (QED) is 0.598. The van der Waals surface area contributed by atoms with Crippen molar-refractivity contribution in [1.29, 1.82) is 0 Å². The van der Waals surface area contributed by atoms with Gasteiger partial charge in [-0.2, -0.15) is 5.10 Å². The summed E-state index contributed by atoms with van der Waals surface area (Å²) in [6.45, 7) is 2.93. The largest absolute Gasteiger partial charge is 0.395 e. The Morgan fingerprint density at radius 2 is 2.29 bits per heavy atom. The Balaban J connectivity index is 2.19. The Labute approximate surface area is 98.4 Å². The van der Waals surface area contributed by atoms with Gasteiger partial charge in [-0.25, -0.2) is 0 Å². The van der Waals surface area contributed by atoms with E-state index in [0.29, 0.717) is 24.5 Å². The van der Waals surface area contributed by atoms with Gasteiger partial charge in [-0.3, -0.25) is 14.7 Å². The van der Waals surface area contributed by atoms with Gasteiger partial charge < -0.3 is 16.0 Å². The standard InChI is InChI=1S/C10H15N5O2/c1-6-8(11)9(14-13-6)10(17)15-4-2-3-12-7(16)5-15/h2-5,11H2,1H3,(H,12,16)(H,13,14). The number of hydrogen-bond donors (Lipinski definition) is 3. The summed E-state index contributed by atoms with van der Waals surface area (Å²) in [5.74, 6) is -0.453. The van der Waals surface area contributed by atoms with Crippen LogP contribution in [0.5, 0.6) is 0 Å². The summed E-state index contributed by atoms with van der Waals surface area (Å²) in [5, 5.41) is 9.24. The van der Waals surface area contributed by atoms with E-state index in [2.05, 4.69) is 15.5 Å². The van der Waals surface area contributed by atoms with Crippen molar-refractivity contribution < 1.29 is 9.59 Å². The third-order valence-electron chi connectivity index (χ3n) is 2.75. The molecule has 0 aromatic carbocycles. The average molecular weight is 237 g/mol. The second-order valence-corrected chi connectivity index (χ2v) is 4.04. The molecule has 92 valence electrons. The van der Waals surface area contributed by atoms with E-state index in [9.17, 15) is 9.59 Å². The minimum absolute atomic E-state index is 0.0597. The summed E-state index contributed by atoms with van der Waals surface area (Å²) in [4.78, 5) is 24.9. The third-order valence-corrected chi connectivity index (χ3v) is 2.75. The zero-order valence-corrected chi connectivity index (χ0v) is 9.62. The van der Waals surface area contributed by atoms with Crippen molar-refractivity contribution in [2.75, 3.05) is 25.4 Å². The van der Waals surface area contributed by atoms with Gasteiger partial charge in [0, 0.05) is 13.1 Å². The molecular weight excluding hydrogens is 222 g/mol. The van der Waals surface area contributed by atoms with E-state index in [4.69, 9.17) is 5.73 Å². The highest BCUT2D eigenvalue weighted by atomic mass is 16.2. The molecule has 2 amide bonds. The predicted molar refractivity (Wildman–Crippen MR) is 61.3 cm³/mol. The number of carbonyl (C=O) groups excluding carboxylic acids is 2. The number of anilines is 1. The topological polar surface area (TPSA) is 104 Å². The van der Waals surface area contributed by atoms with Gasteiger partial charge in [0.2, 0.25) is 5.91 Å². The van der Waals surface area contributed by atoms with Crippen molar-refractivity contribution >= 4 is 17.5 Å². The zero-order chi connectivity index (χ0) is 12.4. The van der Waals surface area contributed by atoms with Gasteiger partial charge in [-0.05, 0) is 13.3 Å². The smallest absolute Gasteiger partial charge is 0.276 e. The first-order valence-corrected chi connectivity index (χ1v) is 5.46. The number of aryl methyl sites for hydroxylation is 1. The van der Waals surface area contributed by atoms with Crippen LogP contribution in [0.2, 0.25) is 0 Å². The van der Waals surface area contributed by atoms with Crippen LogP contribution in [0.1, 0.15) is 22.6 Å². The second kappa shape index (κ2) is 4.44. The number of rotatable bonds is 1. The number of nitrogens with two attached hydrogens (primary N) is 1. The van der Waals surface area contributed by atoms with Crippen LogP contribution in [0.25, 0.3) is 0 Å². The molecule has 2 rings (SSSR count). The number of aromatic amines is 1. The first-order valence-electron chi connectivity index (χ1n) is 5.46. The second-order valence-electron chi connectivity index (χ2n) is 4.04. The van der Waals surface area contributed by atoms with E-state index in [1.807, 2.05) is 0 Å². The maximum Gasteiger partial charge on any atom is 0.276 e. The van der Waals surface area contributed by atoms with Gasteiger partial charge in [0.1, 0.15) is 0 Å². The fourth-order valence-corrected chi connectivity index (χ4v) is 1.73. The number of hydrogen-bond acceptors (Lipinski definition) is 4. The van der Waals surface area contributed by atoms with E-state index in [-0.39, 0.29) is 24.1 Å². The summed E-state index contributed by atoms with van der Waals surface area (Å²) >= 11 is 0. The first kappa shape index (κ1) is 11.4. The summed E-state index contributed by atoms with van der Waals surface area (Å²) in [5.41, 5.74) is 6.94. The third kappa shape index (κ3) is 2.22. The van der Waals surface area contributed by atoms with Crippen LogP contribution in [-0.4, -0.2) is 46.5 Å². The van der Waals surface area contributed by atoms with Gasteiger partial charge in [0.25, 0.3) is 5.91 Å². The predicted octanol–water partition coefficient (Wildman–Crippen LogP) is -0.738. The fraction of sp³-hybridized carbons (Fsp3) is 0.500. The number of amides is 2. The molecule has 1 saturated heterocycles. The molecule has 0 spiro atoms. The molecule has 7 nitrogen and oxygen atoms in total. The molecule has 1 aromatic heterocycles. The Kier molecular flexibility index (Phi) is 2.99. The fourth-order valence-electron chi connectivity index (χ4n) is 1.73. The van der Waals surface area contributed by atoms with Crippen molar-refractivity contribution in [3.05, 3.63) is 11.4 Å². The summed E-state index contributed by atoms with van der Waals surface area (Å²) in [6.07, 6.45) is 0.737. The lowest BCUT2D eigenvalue weighted by atomic mass is 10.2. The molecule has 1 aliphatic rings. The Bertz CT molecular complexity index is 454. The Morgan fingerprint density at radius 1 is 1.53 bits per heavy atom. The highest BCUT2D eigenvalue weighted by molar-refractivity contribution is 5.99. The molecule has 1 fully saturated rings. The lowest BCUT2D eigenvalue weighted by Gasteiger charge is -2.17. The Hall–Kier alpha value is -2.05. The zero-order valence-electron chi connectivity index (χ0n) is 9.62. The van der Waals surface area contributed by atoms with Crippen molar-refractivity contribution in [3.8, 4) is 0 Å². The minimum atomic E-state index is -0.302. The number of carbonyl (C=O) groups is 2. The summed E-state index contributed by atoms with van der Waals surface area (Å²) in [7, 11) is 0. The van der Waals surface area contributed by atoms with Crippen LogP contribution in [-0.2, 0) is 4.79 Å². The van der Waals surface area contributed by atoms with E-state index in [1.165, 1.54) is 4.90 Å². The maximum atomic E-state index is 12.1. The lowest BCUT2D eigenvalue weighted by Crippen LogP contribution is -2.37. The molecule has 0 radical (unpaired) electrons. The van der Waals surface area contributed by atoms with Crippen molar-refractivity contribution in [2.24, 2.45) is 0 Å². The number of nitrogen functional groups attached to an aromatic ring is 1. The summed E-state index contributed by atoms with van der Waals surface area (Å²) < 4.78 is 0. The molecular formula is C10H15N5O2. The molecule has 2 heterocycles. The maximum absolute atomic E-state index is 12.1. The van der Waals surface area contributed by atoms with E-state index >= 15 is 0 Å². The average Bonchev–Trinajstić information content (AvgIpc) is 2.53. The Morgan fingerprint density at radius 3 is 2.94 bits per heavy atom. The van der Waals surface area contributed by atoms with E-state index in [0.717, 1.165) is 6.42 Å². The molecule has 7 heteroatoms. The molecule has 1 aromatic rings. The normalized spacial score (nSPS) is 16.5. The van der Waals surface area contributed by atoms with Gasteiger partial charge in [0.15, 0.2) is 5.69 Å². The highest BCUT2D eigenvalue weighted by Crippen LogP contribution is 2.15. The molecule has 0 aliphatic carbocycles. The van der Waals surface area contributed by atoms with Crippen LogP contribution in [0.4, 0.5) is 5.69 Å². The van der Waals surface area contributed by atoms with Gasteiger partial charge in [-0.15, -0.1) is 0 Å². The molecule has 0 atom stereocenters. The summed E-state index contributed by atoms with van der Waals surface area (Å²) in [6, 6.07) is 0. The highest BCUT2D eigenvalue weighted by Gasteiger charge is 2.24. The van der Waals surface area contributed by atoms with Crippen LogP contribution in [0.15, 0.2) is 0 Å².